The minimum Gasteiger partial charge on any atom is -0.497 e. The zero-order valence-electron chi connectivity index (χ0n) is 14.1. The molecular weight excluding hydrogens is 324 g/mol. The largest absolute Gasteiger partial charge is 0.497 e. The van der Waals surface area contributed by atoms with Crippen molar-refractivity contribution in [3.8, 4) is 11.5 Å². The van der Waals surface area contributed by atoms with Gasteiger partial charge in [0.1, 0.15) is 35.5 Å². The number of carboxylic acid groups (broad SMARTS) is 1. The molecule has 1 aliphatic heterocycles. The number of hydrogen-bond donors (Lipinski definition) is 2. The van der Waals surface area contributed by atoms with Crippen molar-refractivity contribution < 1.29 is 19.4 Å². The molecule has 1 unspecified atom stereocenters. The van der Waals surface area contributed by atoms with Gasteiger partial charge < -0.3 is 24.8 Å². The van der Waals surface area contributed by atoms with Crippen LogP contribution in [0.1, 0.15) is 12.8 Å². The van der Waals surface area contributed by atoms with Crippen LogP contribution in [0.25, 0.3) is 0 Å². The average Bonchev–Trinajstić information content (AvgIpc) is 3.12. The summed E-state index contributed by atoms with van der Waals surface area (Å²) < 4.78 is 10.6. The average molecular weight is 344 g/mol. The molecule has 0 radical (unpaired) electrons. The number of hydrogen-bond acceptors (Lipinski definition) is 7. The predicted molar refractivity (Wildman–Crippen MR) is 92.9 cm³/mol. The number of nitrogens with one attached hydrogen (secondary N) is 1. The molecule has 1 aromatic heterocycles. The highest BCUT2D eigenvalue weighted by molar-refractivity contribution is 5.79. The lowest BCUT2D eigenvalue weighted by atomic mass is 10.2. The summed E-state index contributed by atoms with van der Waals surface area (Å²) in [6.07, 6.45) is 2.87. The molecule has 2 aromatic rings. The lowest BCUT2D eigenvalue weighted by Gasteiger charge is -2.22. The standard InChI is InChI=1S/C17H20N4O4/c1-24-11-5-6-12(14(8-11)25-2)20-15-9-16(19-10-18-15)21-7-3-4-13(21)17(22)23/h5-6,8-10,13H,3-4,7H2,1-2H3,(H,22,23)(H,18,19,20). The predicted octanol–water partition coefficient (Wildman–Crippen LogP) is 2.29. The second kappa shape index (κ2) is 7.25. The van der Waals surface area contributed by atoms with Crippen LogP contribution in [-0.2, 0) is 4.79 Å². The van der Waals surface area contributed by atoms with Crippen LogP contribution in [0, 0.1) is 0 Å². The zero-order chi connectivity index (χ0) is 17.8. The minimum absolute atomic E-state index is 0.543. The van der Waals surface area contributed by atoms with E-state index in [-0.39, 0.29) is 0 Å². The number of aromatic nitrogens is 2. The lowest BCUT2D eigenvalue weighted by molar-refractivity contribution is -0.138. The van der Waals surface area contributed by atoms with Crippen LogP contribution in [-0.4, -0.2) is 47.8 Å². The number of anilines is 3. The van der Waals surface area contributed by atoms with Crippen LogP contribution in [0.3, 0.4) is 0 Å². The molecule has 0 aliphatic carbocycles. The summed E-state index contributed by atoms with van der Waals surface area (Å²) in [5.74, 6) is 1.62. The Bertz CT molecular complexity index is 768. The second-order valence-corrected chi connectivity index (χ2v) is 5.64. The molecule has 8 heteroatoms. The van der Waals surface area contributed by atoms with Gasteiger partial charge in [0.05, 0.1) is 19.9 Å². The fraction of sp³-hybridized carbons (Fsp3) is 0.353. The van der Waals surface area contributed by atoms with E-state index in [2.05, 4.69) is 15.3 Å². The first-order chi connectivity index (χ1) is 12.1. The topological polar surface area (TPSA) is 96.8 Å². The van der Waals surface area contributed by atoms with E-state index < -0.39 is 12.0 Å². The molecule has 25 heavy (non-hydrogen) atoms. The Kier molecular flexibility index (Phi) is 4.87. The Morgan fingerprint density at radius 2 is 2.12 bits per heavy atom. The van der Waals surface area contributed by atoms with Crippen molar-refractivity contribution in [2.45, 2.75) is 18.9 Å². The highest BCUT2D eigenvalue weighted by Crippen LogP contribution is 2.32. The number of carbonyl (C=O) groups is 1. The molecule has 2 N–H and O–H groups in total. The Balaban J connectivity index is 1.84. The van der Waals surface area contributed by atoms with Gasteiger partial charge in [0, 0.05) is 18.7 Å². The number of aliphatic carboxylic acids is 1. The SMILES string of the molecule is COc1ccc(Nc2cc(N3CCCC3C(=O)O)ncn2)c(OC)c1. The molecule has 2 heterocycles. The smallest absolute Gasteiger partial charge is 0.326 e. The van der Waals surface area contributed by atoms with E-state index in [9.17, 15) is 9.90 Å². The van der Waals surface area contributed by atoms with Crippen LogP contribution < -0.4 is 19.7 Å². The first-order valence-corrected chi connectivity index (χ1v) is 7.93. The summed E-state index contributed by atoms with van der Waals surface area (Å²) in [5.41, 5.74) is 0.726. The third kappa shape index (κ3) is 3.57. The number of ether oxygens (including phenoxy) is 2. The van der Waals surface area contributed by atoms with Gasteiger partial charge in [0.2, 0.25) is 0 Å². The zero-order valence-corrected chi connectivity index (χ0v) is 14.1. The van der Waals surface area contributed by atoms with E-state index in [1.807, 2.05) is 12.1 Å². The first-order valence-electron chi connectivity index (χ1n) is 7.93. The van der Waals surface area contributed by atoms with Gasteiger partial charge in [0.25, 0.3) is 0 Å². The van der Waals surface area contributed by atoms with Gasteiger partial charge in [-0.3, -0.25) is 0 Å². The van der Waals surface area contributed by atoms with E-state index in [1.165, 1.54) is 6.33 Å². The van der Waals surface area contributed by atoms with Gasteiger partial charge in [-0.05, 0) is 25.0 Å². The monoisotopic (exact) mass is 344 g/mol. The van der Waals surface area contributed by atoms with Crippen molar-refractivity contribution in [3.63, 3.8) is 0 Å². The number of carboxylic acids is 1. The van der Waals surface area contributed by atoms with Crippen LogP contribution in [0.15, 0.2) is 30.6 Å². The normalized spacial score (nSPS) is 16.6. The summed E-state index contributed by atoms with van der Waals surface area (Å²) in [4.78, 5) is 21.6. The summed E-state index contributed by atoms with van der Waals surface area (Å²) in [7, 11) is 3.17. The molecular formula is C17H20N4O4. The first kappa shape index (κ1) is 16.8. The van der Waals surface area contributed by atoms with Crippen LogP contribution >= 0.6 is 0 Å². The fourth-order valence-corrected chi connectivity index (χ4v) is 2.91. The van der Waals surface area contributed by atoms with Gasteiger partial charge in [-0.2, -0.15) is 0 Å². The Labute approximate surface area is 145 Å². The Morgan fingerprint density at radius 3 is 2.84 bits per heavy atom. The quantitative estimate of drug-likeness (QED) is 0.824. The van der Waals surface area contributed by atoms with Crippen LogP contribution in [0.5, 0.6) is 11.5 Å². The van der Waals surface area contributed by atoms with Crippen molar-refractivity contribution >= 4 is 23.3 Å². The van der Waals surface area contributed by atoms with Crippen molar-refractivity contribution in [3.05, 3.63) is 30.6 Å². The maximum Gasteiger partial charge on any atom is 0.326 e. The Morgan fingerprint density at radius 1 is 1.28 bits per heavy atom. The second-order valence-electron chi connectivity index (χ2n) is 5.64. The molecule has 8 nitrogen and oxygen atoms in total. The summed E-state index contributed by atoms with van der Waals surface area (Å²) in [5, 5.41) is 12.5. The lowest BCUT2D eigenvalue weighted by Crippen LogP contribution is -2.36. The van der Waals surface area contributed by atoms with E-state index in [0.717, 1.165) is 12.1 Å². The summed E-state index contributed by atoms with van der Waals surface area (Å²) >= 11 is 0. The number of nitrogens with zero attached hydrogens (tertiary/aromatic N) is 3. The van der Waals surface area contributed by atoms with Crippen LogP contribution in [0.4, 0.5) is 17.3 Å². The number of benzene rings is 1. The molecule has 1 saturated heterocycles. The summed E-state index contributed by atoms with van der Waals surface area (Å²) in [6.45, 7) is 0.666. The summed E-state index contributed by atoms with van der Waals surface area (Å²) in [6, 6.07) is 6.61. The van der Waals surface area contributed by atoms with Gasteiger partial charge >= 0.3 is 5.97 Å². The van der Waals surface area contributed by atoms with Gasteiger partial charge in [-0.1, -0.05) is 0 Å². The van der Waals surface area contributed by atoms with Gasteiger partial charge in [0.15, 0.2) is 0 Å². The number of rotatable bonds is 6. The highest BCUT2D eigenvalue weighted by atomic mass is 16.5. The van der Waals surface area contributed by atoms with E-state index >= 15 is 0 Å². The molecule has 0 bridgehead atoms. The Hall–Kier alpha value is -3.03. The molecule has 1 aromatic carbocycles. The third-order valence-corrected chi connectivity index (χ3v) is 4.16. The molecule has 3 rings (SSSR count). The molecule has 0 saturated carbocycles. The van der Waals surface area contributed by atoms with Crippen molar-refractivity contribution in [2.24, 2.45) is 0 Å². The maximum atomic E-state index is 11.4. The molecule has 1 atom stereocenters. The van der Waals surface area contributed by atoms with E-state index in [1.54, 1.807) is 31.3 Å². The van der Waals surface area contributed by atoms with E-state index in [4.69, 9.17) is 9.47 Å². The molecule has 0 amide bonds. The fourth-order valence-electron chi connectivity index (χ4n) is 2.91. The molecule has 1 aliphatic rings. The van der Waals surface area contributed by atoms with Gasteiger partial charge in [-0.25, -0.2) is 14.8 Å². The van der Waals surface area contributed by atoms with Crippen LogP contribution in [0.2, 0.25) is 0 Å². The van der Waals surface area contributed by atoms with Crippen molar-refractivity contribution in [1.29, 1.82) is 0 Å². The van der Waals surface area contributed by atoms with Crippen molar-refractivity contribution in [2.75, 3.05) is 31.0 Å². The number of methoxy groups -OCH3 is 2. The minimum atomic E-state index is -0.831. The molecule has 0 spiro atoms. The molecule has 1 fully saturated rings. The van der Waals surface area contributed by atoms with E-state index in [0.29, 0.717) is 36.1 Å². The maximum absolute atomic E-state index is 11.4. The molecule has 132 valence electrons. The van der Waals surface area contributed by atoms with Gasteiger partial charge in [-0.15, -0.1) is 0 Å². The third-order valence-electron chi connectivity index (χ3n) is 4.16. The highest BCUT2D eigenvalue weighted by Gasteiger charge is 2.31. The van der Waals surface area contributed by atoms with Crippen molar-refractivity contribution in [1.82, 2.24) is 9.97 Å².